The van der Waals surface area contributed by atoms with E-state index in [1.54, 1.807) is 30.3 Å². The number of carbonyl (C=O) groups is 1. The number of rotatable bonds is 7. The number of hydrogen-bond donors (Lipinski definition) is 1. The number of halogens is 1. The third-order valence-corrected chi connectivity index (χ3v) is 5.68. The van der Waals surface area contributed by atoms with Gasteiger partial charge in [0.15, 0.2) is 9.84 Å². The standard InChI is InChI=1S/C17H18BrNO5S/c1-23-13-6-8-14(9-7-13)25(21,22)11-19-16-12(10-18)4-3-5-15(16)17(20)24-2/h3-9,19H,10-11H2,1-2H3. The number of methoxy groups -OCH3 is 2. The Kier molecular flexibility index (Phi) is 6.44. The first-order valence-electron chi connectivity index (χ1n) is 7.29. The lowest BCUT2D eigenvalue weighted by Crippen LogP contribution is -2.18. The number of sulfone groups is 1. The van der Waals surface area contributed by atoms with Gasteiger partial charge in [-0.05, 0) is 35.9 Å². The first-order valence-corrected chi connectivity index (χ1v) is 10.1. The van der Waals surface area contributed by atoms with Gasteiger partial charge in [-0.25, -0.2) is 13.2 Å². The van der Waals surface area contributed by atoms with E-state index in [0.29, 0.717) is 16.8 Å². The monoisotopic (exact) mass is 427 g/mol. The van der Waals surface area contributed by atoms with Crippen LogP contribution in [0, 0.1) is 0 Å². The second-order valence-electron chi connectivity index (χ2n) is 5.08. The zero-order valence-electron chi connectivity index (χ0n) is 13.8. The number of anilines is 1. The summed E-state index contributed by atoms with van der Waals surface area (Å²) in [4.78, 5) is 12.1. The highest BCUT2D eigenvalue weighted by Crippen LogP contribution is 2.25. The van der Waals surface area contributed by atoms with Gasteiger partial charge in [0, 0.05) is 5.33 Å². The molecule has 25 heavy (non-hydrogen) atoms. The van der Waals surface area contributed by atoms with E-state index in [9.17, 15) is 13.2 Å². The summed E-state index contributed by atoms with van der Waals surface area (Å²) in [6, 6.07) is 11.2. The summed E-state index contributed by atoms with van der Waals surface area (Å²) in [5.41, 5.74) is 1.47. The van der Waals surface area contributed by atoms with Crippen LogP contribution in [0.1, 0.15) is 15.9 Å². The highest BCUT2D eigenvalue weighted by Gasteiger charge is 2.19. The van der Waals surface area contributed by atoms with Crippen LogP contribution in [-0.4, -0.2) is 34.5 Å². The minimum atomic E-state index is -3.59. The van der Waals surface area contributed by atoms with Gasteiger partial charge < -0.3 is 14.8 Å². The SMILES string of the molecule is COC(=O)c1cccc(CBr)c1NCS(=O)(=O)c1ccc(OC)cc1. The third-order valence-electron chi connectivity index (χ3n) is 3.56. The molecular weight excluding hydrogens is 410 g/mol. The van der Waals surface area contributed by atoms with Gasteiger partial charge >= 0.3 is 5.97 Å². The Bertz CT molecular complexity index is 850. The number of nitrogens with one attached hydrogen (secondary N) is 1. The van der Waals surface area contributed by atoms with Gasteiger partial charge in [-0.15, -0.1) is 0 Å². The van der Waals surface area contributed by atoms with E-state index in [4.69, 9.17) is 9.47 Å². The van der Waals surface area contributed by atoms with Gasteiger partial charge in [-0.3, -0.25) is 0 Å². The summed E-state index contributed by atoms with van der Waals surface area (Å²) in [7, 11) is -0.802. The highest BCUT2D eigenvalue weighted by molar-refractivity contribution is 9.08. The molecule has 0 saturated heterocycles. The van der Waals surface area contributed by atoms with Gasteiger partial charge in [0.2, 0.25) is 0 Å². The predicted octanol–water partition coefficient (Wildman–Crippen LogP) is 3.22. The second-order valence-corrected chi connectivity index (χ2v) is 7.63. The van der Waals surface area contributed by atoms with Crippen LogP contribution in [0.15, 0.2) is 47.4 Å². The molecule has 1 N–H and O–H groups in total. The molecule has 2 aromatic carbocycles. The Morgan fingerprint density at radius 1 is 1.12 bits per heavy atom. The van der Waals surface area contributed by atoms with E-state index < -0.39 is 15.8 Å². The minimum absolute atomic E-state index is 0.164. The smallest absolute Gasteiger partial charge is 0.339 e. The number of para-hydroxylation sites is 1. The van der Waals surface area contributed by atoms with Gasteiger partial charge in [-0.2, -0.15) is 0 Å². The molecule has 0 unspecified atom stereocenters. The maximum atomic E-state index is 12.5. The number of ether oxygens (including phenoxy) is 2. The summed E-state index contributed by atoms with van der Waals surface area (Å²) >= 11 is 3.34. The van der Waals surface area contributed by atoms with Crippen molar-refractivity contribution in [3.8, 4) is 5.75 Å². The molecule has 0 aliphatic carbocycles. The molecule has 0 atom stereocenters. The molecule has 0 saturated carbocycles. The molecule has 2 rings (SSSR count). The van der Waals surface area contributed by atoms with Gasteiger partial charge in [0.25, 0.3) is 0 Å². The Morgan fingerprint density at radius 3 is 2.36 bits per heavy atom. The lowest BCUT2D eigenvalue weighted by atomic mass is 10.1. The Hall–Kier alpha value is -2.06. The molecular formula is C17H18BrNO5S. The molecule has 6 nitrogen and oxygen atoms in total. The predicted molar refractivity (Wildman–Crippen MR) is 99.1 cm³/mol. The molecule has 134 valence electrons. The van der Waals surface area contributed by atoms with Crippen LogP contribution in [0.2, 0.25) is 0 Å². The van der Waals surface area contributed by atoms with Crippen molar-refractivity contribution in [1.82, 2.24) is 0 Å². The van der Waals surface area contributed by atoms with Crippen LogP contribution in [0.25, 0.3) is 0 Å². The van der Waals surface area contributed by atoms with Crippen LogP contribution < -0.4 is 10.1 Å². The number of alkyl halides is 1. The lowest BCUT2D eigenvalue weighted by Gasteiger charge is -2.15. The van der Waals surface area contributed by atoms with Crippen molar-refractivity contribution in [3.63, 3.8) is 0 Å². The molecule has 0 aliphatic heterocycles. The molecule has 2 aromatic rings. The van der Waals surface area contributed by atoms with Crippen LogP contribution in [0.5, 0.6) is 5.75 Å². The molecule has 8 heteroatoms. The molecule has 0 spiro atoms. The van der Waals surface area contributed by atoms with Crippen molar-refractivity contribution >= 4 is 37.4 Å². The molecule has 0 fully saturated rings. The van der Waals surface area contributed by atoms with Crippen molar-refractivity contribution < 1.29 is 22.7 Å². The molecule has 0 bridgehead atoms. The largest absolute Gasteiger partial charge is 0.497 e. The van der Waals surface area contributed by atoms with Gasteiger partial charge in [0.05, 0.1) is 30.4 Å². The zero-order valence-corrected chi connectivity index (χ0v) is 16.2. The number of esters is 1. The fourth-order valence-corrected chi connectivity index (χ4v) is 3.75. The Balaban J connectivity index is 2.29. The molecule has 0 aliphatic rings. The van der Waals surface area contributed by atoms with Crippen molar-refractivity contribution in [2.45, 2.75) is 10.2 Å². The van der Waals surface area contributed by atoms with E-state index in [0.717, 1.165) is 5.56 Å². The van der Waals surface area contributed by atoms with Gasteiger partial charge in [-0.1, -0.05) is 28.1 Å². The molecule has 0 radical (unpaired) electrons. The van der Waals surface area contributed by atoms with E-state index in [-0.39, 0.29) is 16.3 Å². The van der Waals surface area contributed by atoms with Crippen molar-refractivity contribution in [2.75, 3.05) is 25.4 Å². The minimum Gasteiger partial charge on any atom is -0.497 e. The van der Waals surface area contributed by atoms with Crippen LogP contribution >= 0.6 is 15.9 Å². The number of carbonyl (C=O) groups excluding carboxylic acids is 1. The summed E-state index contributed by atoms with van der Waals surface area (Å²) in [5.74, 6) is -0.315. The summed E-state index contributed by atoms with van der Waals surface area (Å²) < 4.78 is 34.8. The topological polar surface area (TPSA) is 81.7 Å². The number of hydrogen-bond acceptors (Lipinski definition) is 6. The molecule has 0 heterocycles. The quantitative estimate of drug-likeness (QED) is 0.539. The van der Waals surface area contributed by atoms with Crippen molar-refractivity contribution in [2.24, 2.45) is 0 Å². The third kappa shape index (κ3) is 4.52. The summed E-state index contributed by atoms with van der Waals surface area (Å²) in [6.45, 7) is 0. The zero-order chi connectivity index (χ0) is 18.4. The molecule has 0 amide bonds. The second kappa shape index (κ2) is 8.35. The Morgan fingerprint density at radius 2 is 1.80 bits per heavy atom. The van der Waals surface area contributed by atoms with Crippen LogP contribution in [0.4, 0.5) is 5.69 Å². The maximum absolute atomic E-state index is 12.5. The first kappa shape index (κ1) is 19.3. The number of benzene rings is 2. The average molecular weight is 428 g/mol. The fraction of sp³-hybridized carbons (Fsp3) is 0.235. The van der Waals surface area contributed by atoms with E-state index in [1.165, 1.54) is 26.4 Å². The van der Waals surface area contributed by atoms with Crippen molar-refractivity contribution in [1.29, 1.82) is 0 Å². The van der Waals surface area contributed by atoms with E-state index in [1.807, 2.05) is 0 Å². The summed E-state index contributed by atoms with van der Waals surface area (Å²) in [6.07, 6.45) is 0. The van der Waals surface area contributed by atoms with Gasteiger partial charge in [0.1, 0.15) is 11.6 Å². The van der Waals surface area contributed by atoms with E-state index >= 15 is 0 Å². The Labute approximate surface area is 155 Å². The molecule has 0 aromatic heterocycles. The van der Waals surface area contributed by atoms with Crippen LogP contribution in [0.3, 0.4) is 0 Å². The van der Waals surface area contributed by atoms with Crippen LogP contribution in [-0.2, 0) is 19.9 Å². The fourth-order valence-electron chi connectivity index (χ4n) is 2.23. The van der Waals surface area contributed by atoms with Crippen molar-refractivity contribution in [3.05, 3.63) is 53.6 Å². The lowest BCUT2D eigenvalue weighted by molar-refractivity contribution is 0.0601. The average Bonchev–Trinajstić information content (AvgIpc) is 2.65. The normalized spacial score (nSPS) is 11.0. The first-order chi connectivity index (χ1) is 11.9. The maximum Gasteiger partial charge on any atom is 0.339 e. The van der Waals surface area contributed by atoms with E-state index in [2.05, 4.69) is 21.2 Å². The summed E-state index contributed by atoms with van der Waals surface area (Å²) in [5, 5.41) is 3.33. The highest BCUT2D eigenvalue weighted by atomic mass is 79.9.